The van der Waals surface area contributed by atoms with Crippen LogP contribution in [-0.2, 0) is 16.0 Å². The largest absolute Gasteiger partial charge is 0.494 e. The van der Waals surface area contributed by atoms with Gasteiger partial charge in [-0.3, -0.25) is 9.59 Å². The van der Waals surface area contributed by atoms with Crippen LogP contribution in [0.25, 0.3) is 0 Å². The van der Waals surface area contributed by atoms with Crippen LogP contribution in [-0.4, -0.2) is 31.5 Å². The van der Waals surface area contributed by atoms with E-state index in [2.05, 4.69) is 5.32 Å². The van der Waals surface area contributed by atoms with Gasteiger partial charge in [0.2, 0.25) is 11.8 Å². The number of hydrogen-bond acceptors (Lipinski definition) is 4. The molecule has 2 aromatic carbocycles. The van der Waals surface area contributed by atoms with Crippen molar-refractivity contribution in [2.75, 3.05) is 23.9 Å². The zero-order valence-corrected chi connectivity index (χ0v) is 14.8. The Kier molecular flexibility index (Phi) is 5.53. The minimum Gasteiger partial charge on any atom is -0.494 e. The van der Waals surface area contributed by atoms with Gasteiger partial charge in [0.05, 0.1) is 18.8 Å². The minimum absolute atomic E-state index is 0.0879. The first-order valence-corrected chi connectivity index (χ1v) is 8.67. The molecule has 1 saturated heterocycles. The first-order chi connectivity index (χ1) is 12.6. The van der Waals surface area contributed by atoms with E-state index in [1.165, 1.54) is 0 Å². The number of benzene rings is 2. The topological polar surface area (TPSA) is 84.7 Å². The van der Waals surface area contributed by atoms with Gasteiger partial charge in [-0.05, 0) is 30.5 Å². The summed E-state index contributed by atoms with van der Waals surface area (Å²) in [4.78, 5) is 26.0. The van der Waals surface area contributed by atoms with Crippen molar-refractivity contribution in [3.63, 3.8) is 0 Å². The van der Waals surface area contributed by atoms with Gasteiger partial charge in [0.25, 0.3) is 0 Å². The average Bonchev–Trinajstić information content (AvgIpc) is 3.08. The third kappa shape index (κ3) is 4.03. The number of carbonyl (C=O) groups excluding carboxylic acids is 2. The van der Waals surface area contributed by atoms with Crippen LogP contribution >= 0.6 is 0 Å². The number of nitrogens with two attached hydrogens (primary N) is 1. The maximum absolute atomic E-state index is 12.4. The molecule has 6 nitrogen and oxygen atoms in total. The molecule has 0 radical (unpaired) electrons. The Bertz CT molecular complexity index is 792. The number of rotatable bonds is 6. The number of hydrogen-bond donors (Lipinski definition) is 2. The molecule has 2 amide bonds. The quantitative estimate of drug-likeness (QED) is 0.835. The molecule has 0 saturated carbocycles. The summed E-state index contributed by atoms with van der Waals surface area (Å²) in [7, 11) is 1.55. The highest BCUT2D eigenvalue weighted by atomic mass is 16.5. The lowest BCUT2D eigenvalue weighted by Crippen LogP contribution is -2.37. The second kappa shape index (κ2) is 8.01. The number of carbonyl (C=O) groups is 2. The van der Waals surface area contributed by atoms with Crippen molar-refractivity contribution in [1.29, 1.82) is 0 Å². The summed E-state index contributed by atoms with van der Waals surface area (Å²) in [5, 5.41) is 2.82. The van der Waals surface area contributed by atoms with Crippen LogP contribution < -0.4 is 20.7 Å². The van der Waals surface area contributed by atoms with Gasteiger partial charge in [0.1, 0.15) is 5.75 Å². The average molecular weight is 353 g/mol. The van der Waals surface area contributed by atoms with E-state index in [4.69, 9.17) is 10.5 Å². The fourth-order valence-corrected chi connectivity index (χ4v) is 3.08. The molecule has 1 aliphatic heterocycles. The predicted molar refractivity (Wildman–Crippen MR) is 101 cm³/mol. The maximum Gasteiger partial charge on any atom is 0.241 e. The van der Waals surface area contributed by atoms with Crippen molar-refractivity contribution in [1.82, 2.24) is 0 Å². The van der Waals surface area contributed by atoms with Crippen LogP contribution in [0.15, 0.2) is 48.5 Å². The molecule has 1 unspecified atom stereocenters. The Morgan fingerprint density at radius 2 is 2.04 bits per heavy atom. The molecule has 0 aromatic heterocycles. The first kappa shape index (κ1) is 17.9. The second-order valence-electron chi connectivity index (χ2n) is 6.32. The highest BCUT2D eigenvalue weighted by Crippen LogP contribution is 2.33. The Hall–Kier alpha value is -2.86. The molecule has 2 aromatic rings. The van der Waals surface area contributed by atoms with E-state index >= 15 is 0 Å². The van der Waals surface area contributed by atoms with E-state index in [0.29, 0.717) is 30.8 Å². The van der Waals surface area contributed by atoms with Gasteiger partial charge in [0.15, 0.2) is 0 Å². The lowest BCUT2D eigenvalue weighted by molar-refractivity contribution is -0.118. The molecule has 26 heavy (non-hydrogen) atoms. The van der Waals surface area contributed by atoms with E-state index in [1.807, 2.05) is 30.3 Å². The van der Waals surface area contributed by atoms with Crippen molar-refractivity contribution < 1.29 is 14.3 Å². The van der Waals surface area contributed by atoms with Crippen LogP contribution in [0.5, 0.6) is 5.75 Å². The molecule has 0 bridgehead atoms. The van der Waals surface area contributed by atoms with Gasteiger partial charge in [0, 0.05) is 24.7 Å². The molecule has 136 valence electrons. The molecule has 1 fully saturated rings. The number of methoxy groups -OCH3 is 1. The molecule has 0 aliphatic carbocycles. The summed E-state index contributed by atoms with van der Waals surface area (Å²) in [6.07, 6.45) is 1.86. The van der Waals surface area contributed by atoms with Crippen LogP contribution in [0, 0.1) is 0 Å². The van der Waals surface area contributed by atoms with Gasteiger partial charge in [-0.15, -0.1) is 0 Å². The lowest BCUT2D eigenvalue weighted by atomic mass is 10.1. The third-order valence-electron chi connectivity index (χ3n) is 4.45. The van der Waals surface area contributed by atoms with E-state index in [-0.39, 0.29) is 11.8 Å². The standard InChI is InChI=1S/C20H23N3O3/c1-26-18-13-15(9-10-17(18)23-11-5-8-19(23)24)22-20(25)16(21)12-14-6-3-2-4-7-14/h2-4,6-7,9-10,13,16H,5,8,11-12,21H2,1H3,(H,22,25). The lowest BCUT2D eigenvalue weighted by Gasteiger charge is -2.20. The number of anilines is 2. The third-order valence-corrected chi connectivity index (χ3v) is 4.45. The minimum atomic E-state index is -0.650. The van der Waals surface area contributed by atoms with Crippen LogP contribution in [0.1, 0.15) is 18.4 Å². The zero-order chi connectivity index (χ0) is 18.5. The van der Waals surface area contributed by atoms with Crippen molar-refractivity contribution in [3.8, 4) is 5.75 Å². The molecule has 1 atom stereocenters. The summed E-state index contributed by atoms with van der Waals surface area (Å²) in [6.45, 7) is 0.683. The van der Waals surface area contributed by atoms with E-state index in [1.54, 1.807) is 30.2 Å². The van der Waals surface area contributed by atoms with Crippen LogP contribution in [0.3, 0.4) is 0 Å². The number of nitrogens with zero attached hydrogens (tertiary/aromatic N) is 1. The molecule has 0 spiro atoms. The Morgan fingerprint density at radius 1 is 1.27 bits per heavy atom. The molecule has 3 rings (SSSR count). The molecule has 1 aliphatic rings. The predicted octanol–water partition coefficient (Wildman–Crippen LogP) is 2.33. The van der Waals surface area contributed by atoms with Gasteiger partial charge in [-0.2, -0.15) is 0 Å². The molecule has 1 heterocycles. The normalized spacial score (nSPS) is 15.0. The summed E-state index contributed by atoms with van der Waals surface area (Å²) in [5.41, 5.74) is 8.34. The zero-order valence-electron chi connectivity index (χ0n) is 14.8. The highest BCUT2D eigenvalue weighted by Gasteiger charge is 2.24. The smallest absolute Gasteiger partial charge is 0.241 e. The highest BCUT2D eigenvalue weighted by molar-refractivity contribution is 5.98. The second-order valence-corrected chi connectivity index (χ2v) is 6.32. The number of ether oxygens (including phenoxy) is 1. The van der Waals surface area contributed by atoms with Gasteiger partial charge in [-0.25, -0.2) is 0 Å². The van der Waals surface area contributed by atoms with E-state index in [0.717, 1.165) is 17.7 Å². The van der Waals surface area contributed by atoms with Crippen molar-refractivity contribution >= 4 is 23.2 Å². The Labute approximate surface area is 152 Å². The molecular weight excluding hydrogens is 330 g/mol. The van der Waals surface area contributed by atoms with Crippen molar-refractivity contribution in [3.05, 3.63) is 54.1 Å². The van der Waals surface area contributed by atoms with Crippen molar-refractivity contribution in [2.24, 2.45) is 5.73 Å². The van der Waals surface area contributed by atoms with Gasteiger partial charge < -0.3 is 20.7 Å². The van der Waals surface area contributed by atoms with Crippen LogP contribution in [0.4, 0.5) is 11.4 Å². The number of amides is 2. The fourth-order valence-electron chi connectivity index (χ4n) is 3.08. The fraction of sp³-hybridized carbons (Fsp3) is 0.300. The van der Waals surface area contributed by atoms with Crippen molar-refractivity contribution in [2.45, 2.75) is 25.3 Å². The summed E-state index contributed by atoms with van der Waals surface area (Å²) < 4.78 is 5.41. The Morgan fingerprint density at radius 3 is 2.69 bits per heavy atom. The maximum atomic E-state index is 12.4. The summed E-state index contributed by atoms with van der Waals surface area (Å²) >= 11 is 0. The Balaban J connectivity index is 1.69. The van der Waals surface area contributed by atoms with E-state index < -0.39 is 6.04 Å². The van der Waals surface area contributed by atoms with Gasteiger partial charge in [-0.1, -0.05) is 30.3 Å². The summed E-state index contributed by atoms with van der Waals surface area (Å²) in [5.74, 6) is 0.376. The van der Waals surface area contributed by atoms with E-state index in [9.17, 15) is 9.59 Å². The number of nitrogens with one attached hydrogen (secondary N) is 1. The summed E-state index contributed by atoms with van der Waals surface area (Å²) in [6, 6.07) is 14.3. The van der Waals surface area contributed by atoms with Gasteiger partial charge >= 0.3 is 0 Å². The molecule has 6 heteroatoms. The SMILES string of the molecule is COc1cc(NC(=O)C(N)Cc2ccccc2)ccc1N1CCCC1=O. The first-order valence-electron chi connectivity index (χ1n) is 8.67. The monoisotopic (exact) mass is 353 g/mol. The van der Waals surface area contributed by atoms with Crippen LogP contribution in [0.2, 0.25) is 0 Å². The molecule has 3 N–H and O–H groups in total. The molecular formula is C20H23N3O3.